The Balaban J connectivity index is 1.69. The Labute approximate surface area is 136 Å². The van der Waals surface area contributed by atoms with Crippen LogP contribution in [-0.2, 0) is 4.79 Å². The van der Waals surface area contributed by atoms with E-state index in [1.807, 2.05) is 18.3 Å². The smallest absolute Gasteiger partial charge is 0.326 e. The summed E-state index contributed by atoms with van der Waals surface area (Å²) in [6.45, 7) is 1.12. The fourth-order valence-electron chi connectivity index (χ4n) is 3.52. The molecule has 0 saturated carbocycles. The van der Waals surface area contributed by atoms with Crippen molar-refractivity contribution in [1.82, 2.24) is 24.4 Å². The summed E-state index contributed by atoms with van der Waals surface area (Å²) >= 11 is 0. The predicted octanol–water partition coefficient (Wildman–Crippen LogP) is 1.28. The number of hydrogen-bond acceptors (Lipinski definition) is 4. The van der Waals surface area contributed by atoms with Crippen LogP contribution in [0.4, 0.5) is 0 Å². The summed E-state index contributed by atoms with van der Waals surface area (Å²) in [5.41, 5.74) is 2.17. The molecule has 0 bridgehead atoms. The number of nitrogens with one attached hydrogen (secondary N) is 2. The second kappa shape index (κ2) is 5.53. The van der Waals surface area contributed by atoms with Crippen LogP contribution >= 0.6 is 0 Å². The molecule has 0 unspecified atom stereocenters. The SMILES string of the molecule is N#CCC(=O)N1CCC(n2c(=O)[nH]c3cnc4[nH]ccc4c32)CC1. The normalized spacial score (nSPS) is 15.9. The molecule has 2 N–H and O–H groups in total. The Morgan fingerprint density at radius 2 is 2.21 bits per heavy atom. The van der Waals surface area contributed by atoms with Crippen LogP contribution < -0.4 is 5.69 Å². The molecule has 1 saturated heterocycles. The molecule has 0 radical (unpaired) electrons. The van der Waals surface area contributed by atoms with Gasteiger partial charge in [-0.1, -0.05) is 0 Å². The highest BCUT2D eigenvalue weighted by molar-refractivity contribution is 6.00. The quantitative estimate of drug-likeness (QED) is 0.739. The summed E-state index contributed by atoms with van der Waals surface area (Å²) in [5, 5.41) is 9.56. The van der Waals surface area contributed by atoms with Crippen LogP contribution in [0.25, 0.3) is 22.1 Å². The summed E-state index contributed by atoms with van der Waals surface area (Å²) in [5.74, 6) is -0.139. The highest BCUT2D eigenvalue weighted by Gasteiger charge is 2.26. The number of carbonyl (C=O) groups is 1. The van der Waals surface area contributed by atoms with Crippen molar-refractivity contribution in [3.05, 3.63) is 28.9 Å². The Hall–Kier alpha value is -3.08. The van der Waals surface area contributed by atoms with Gasteiger partial charge in [-0.3, -0.25) is 9.36 Å². The maximum atomic E-state index is 12.5. The molecule has 0 spiro atoms. The molecular weight excluding hydrogens is 308 g/mol. The van der Waals surface area contributed by atoms with Gasteiger partial charge in [-0.2, -0.15) is 5.26 Å². The standard InChI is InChI=1S/C16H16N6O2/c17-5-1-13(23)21-7-3-10(4-8-21)22-14-11-2-6-18-15(11)19-9-12(14)20-16(22)24/h2,6,9-10H,1,3-4,7-8H2,(H,18,19)(H,20,24). The third kappa shape index (κ3) is 2.17. The summed E-state index contributed by atoms with van der Waals surface area (Å²) < 4.78 is 1.79. The molecule has 24 heavy (non-hydrogen) atoms. The molecule has 122 valence electrons. The molecule has 1 fully saturated rings. The van der Waals surface area contributed by atoms with E-state index >= 15 is 0 Å². The minimum Gasteiger partial charge on any atom is -0.346 e. The topological polar surface area (TPSA) is 111 Å². The van der Waals surface area contributed by atoms with Gasteiger partial charge in [-0.15, -0.1) is 0 Å². The number of aromatic nitrogens is 4. The second-order valence-electron chi connectivity index (χ2n) is 6.01. The van der Waals surface area contributed by atoms with E-state index in [4.69, 9.17) is 5.26 Å². The van der Waals surface area contributed by atoms with Gasteiger partial charge in [0.1, 0.15) is 12.1 Å². The van der Waals surface area contributed by atoms with Crippen LogP contribution in [-0.4, -0.2) is 43.4 Å². The van der Waals surface area contributed by atoms with Crippen molar-refractivity contribution in [2.45, 2.75) is 25.3 Å². The lowest BCUT2D eigenvalue weighted by molar-refractivity contribution is -0.131. The number of H-pyrrole nitrogens is 2. The third-order valence-corrected chi connectivity index (χ3v) is 4.67. The molecule has 3 aromatic heterocycles. The van der Waals surface area contributed by atoms with Crippen LogP contribution in [0.3, 0.4) is 0 Å². The maximum Gasteiger partial charge on any atom is 0.326 e. The molecular formula is C16H16N6O2. The fraction of sp³-hybridized carbons (Fsp3) is 0.375. The molecule has 8 heteroatoms. The molecule has 4 rings (SSSR count). The molecule has 8 nitrogen and oxygen atoms in total. The first kappa shape index (κ1) is 14.5. The minimum absolute atomic E-state index is 0.0258. The molecule has 0 aliphatic carbocycles. The molecule has 0 aromatic carbocycles. The summed E-state index contributed by atoms with van der Waals surface area (Å²) in [6, 6.07) is 3.83. The lowest BCUT2D eigenvalue weighted by Crippen LogP contribution is -2.40. The highest BCUT2D eigenvalue weighted by Crippen LogP contribution is 2.28. The van der Waals surface area contributed by atoms with Crippen molar-refractivity contribution in [2.24, 2.45) is 0 Å². The highest BCUT2D eigenvalue weighted by atomic mass is 16.2. The second-order valence-corrected chi connectivity index (χ2v) is 6.01. The van der Waals surface area contributed by atoms with Crippen LogP contribution in [0.15, 0.2) is 23.3 Å². The summed E-state index contributed by atoms with van der Waals surface area (Å²) in [6.07, 6.45) is 4.77. The Morgan fingerprint density at radius 3 is 2.96 bits per heavy atom. The molecule has 0 atom stereocenters. The van der Waals surface area contributed by atoms with Gasteiger partial charge < -0.3 is 14.9 Å². The summed E-state index contributed by atoms with van der Waals surface area (Å²) in [7, 11) is 0. The number of nitriles is 1. The third-order valence-electron chi connectivity index (χ3n) is 4.67. The number of piperidine rings is 1. The summed E-state index contributed by atoms with van der Waals surface area (Å²) in [4.78, 5) is 36.2. The minimum atomic E-state index is -0.151. The van der Waals surface area contributed by atoms with Crippen LogP contribution in [0.2, 0.25) is 0 Å². The predicted molar refractivity (Wildman–Crippen MR) is 87.3 cm³/mol. The van der Waals surface area contributed by atoms with E-state index in [0.717, 1.165) is 22.1 Å². The number of likely N-dealkylation sites (tertiary alicyclic amines) is 1. The number of aromatic amines is 2. The van der Waals surface area contributed by atoms with Gasteiger partial charge in [0.25, 0.3) is 0 Å². The average molecular weight is 324 g/mol. The number of nitrogens with zero attached hydrogens (tertiary/aromatic N) is 4. The number of carbonyl (C=O) groups excluding carboxylic acids is 1. The molecule has 1 amide bonds. The van der Waals surface area contributed by atoms with Gasteiger partial charge in [0.05, 0.1) is 23.3 Å². The number of imidazole rings is 1. The van der Waals surface area contributed by atoms with E-state index < -0.39 is 0 Å². The number of rotatable bonds is 2. The van der Waals surface area contributed by atoms with Crippen molar-refractivity contribution >= 4 is 28.0 Å². The lowest BCUT2D eigenvalue weighted by Gasteiger charge is -2.32. The zero-order valence-electron chi connectivity index (χ0n) is 13.0. The number of pyridine rings is 1. The number of fused-ring (bicyclic) bond motifs is 3. The lowest BCUT2D eigenvalue weighted by atomic mass is 10.0. The average Bonchev–Trinajstić information content (AvgIpc) is 3.18. The van der Waals surface area contributed by atoms with Crippen molar-refractivity contribution in [3.8, 4) is 6.07 Å². The van der Waals surface area contributed by atoms with E-state index in [2.05, 4.69) is 15.0 Å². The first-order valence-electron chi connectivity index (χ1n) is 7.90. The van der Waals surface area contributed by atoms with Crippen molar-refractivity contribution in [2.75, 3.05) is 13.1 Å². The van der Waals surface area contributed by atoms with E-state index in [1.54, 1.807) is 15.7 Å². The Bertz CT molecular complexity index is 1010. The van der Waals surface area contributed by atoms with Crippen molar-refractivity contribution < 1.29 is 4.79 Å². The van der Waals surface area contributed by atoms with Gasteiger partial charge in [0.15, 0.2) is 0 Å². The zero-order valence-corrected chi connectivity index (χ0v) is 13.0. The van der Waals surface area contributed by atoms with Crippen molar-refractivity contribution in [3.63, 3.8) is 0 Å². The Morgan fingerprint density at radius 1 is 1.42 bits per heavy atom. The van der Waals surface area contributed by atoms with Crippen LogP contribution in [0.5, 0.6) is 0 Å². The molecule has 1 aliphatic rings. The monoisotopic (exact) mass is 324 g/mol. The van der Waals surface area contributed by atoms with E-state index in [-0.39, 0.29) is 24.1 Å². The first-order chi connectivity index (χ1) is 11.7. The van der Waals surface area contributed by atoms with Gasteiger partial charge in [0.2, 0.25) is 5.91 Å². The maximum absolute atomic E-state index is 12.5. The Kier molecular flexibility index (Phi) is 3.34. The number of hydrogen-bond donors (Lipinski definition) is 2. The van der Waals surface area contributed by atoms with Gasteiger partial charge in [-0.25, -0.2) is 9.78 Å². The van der Waals surface area contributed by atoms with Crippen molar-refractivity contribution in [1.29, 1.82) is 5.26 Å². The van der Waals surface area contributed by atoms with Gasteiger partial charge >= 0.3 is 5.69 Å². The molecule has 3 aromatic rings. The molecule has 4 heterocycles. The van der Waals surface area contributed by atoms with Crippen LogP contribution in [0.1, 0.15) is 25.3 Å². The fourth-order valence-corrected chi connectivity index (χ4v) is 3.52. The van der Waals surface area contributed by atoms with Gasteiger partial charge in [0, 0.05) is 30.7 Å². The van der Waals surface area contributed by atoms with Gasteiger partial charge in [-0.05, 0) is 18.9 Å². The first-order valence-corrected chi connectivity index (χ1v) is 7.90. The van der Waals surface area contributed by atoms with E-state index in [0.29, 0.717) is 25.9 Å². The van der Waals surface area contributed by atoms with E-state index in [1.165, 1.54) is 0 Å². The number of amides is 1. The molecule has 1 aliphatic heterocycles. The van der Waals surface area contributed by atoms with Crippen LogP contribution in [0, 0.1) is 11.3 Å². The zero-order chi connectivity index (χ0) is 16.7. The van der Waals surface area contributed by atoms with E-state index in [9.17, 15) is 9.59 Å². The largest absolute Gasteiger partial charge is 0.346 e.